The first-order valence-corrected chi connectivity index (χ1v) is 8.33. The number of amides is 1. The molecule has 3 aromatic rings. The molecule has 0 unspecified atom stereocenters. The van der Waals surface area contributed by atoms with Crippen LogP contribution in [-0.4, -0.2) is 34.2 Å². The van der Waals surface area contributed by atoms with Gasteiger partial charge in [0, 0.05) is 48.7 Å². The highest BCUT2D eigenvalue weighted by Crippen LogP contribution is 2.19. The number of nitrogens with one attached hydrogen (secondary N) is 3. The second-order valence-corrected chi connectivity index (χ2v) is 5.91. The first-order chi connectivity index (χ1) is 12.6. The number of aromatic amines is 1. The van der Waals surface area contributed by atoms with Crippen molar-refractivity contribution in [3.8, 4) is 11.3 Å². The minimum atomic E-state index is -0.376. The van der Waals surface area contributed by atoms with Gasteiger partial charge in [-0.15, -0.1) is 0 Å². The van der Waals surface area contributed by atoms with Gasteiger partial charge in [0.15, 0.2) is 0 Å². The van der Waals surface area contributed by atoms with Crippen molar-refractivity contribution in [3.05, 3.63) is 71.4 Å². The first kappa shape index (κ1) is 17.8. The van der Waals surface area contributed by atoms with E-state index in [1.807, 2.05) is 12.1 Å². The van der Waals surface area contributed by atoms with Crippen LogP contribution in [0.5, 0.6) is 0 Å². The monoisotopic (exact) mass is 353 g/mol. The topological polar surface area (TPSA) is 82.7 Å². The number of H-pyrrole nitrogens is 1. The highest BCUT2D eigenvalue weighted by Gasteiger charge is 2.09. The number of aryl methyl sites for hydroxylation is 1. The first-order valence-electron chi connectivity index (χ1n) is 8.33. The standard InChI is InChI=1S/C19H20FN5O/c1-13-4-5-14(9-17(13)20)19(26)23-8-7-22-11-16-12-24-25-18(16)15-3-2-6-21-10-15/h2-6,9-10,12,22H,7-8,11H2,1H3,(H,23,26)(H,24,25). The summed E-state index contributed by atoms with van der Waals surface area (Å²) >= 11 is 0. The van der Waals surface area contributed by atoms with Crippen LogP contribution >= 0.6 is 0 Å². The Bertz CT molecular complexity index is 879. The maximum absolute atomic E-state index is 13.5. The molecule has 1 aromatic carbocycles. The molecule has 6 nitrogen and oxygen atoms in total. The quantitative estimate of drug-likeness (QED) is 0.570. The van der Waals surface area contributed by atoms with Gasteiger partial charge in [-0.1, -0.05) is 6.07 Å². The third kappa shape index (κ3) is 4.31. The summed E-state index contributed by atoms with van der Waals surface area (Å²) in [6, 6.07) is 8.31. The molecule has 0 aliphatic carbocycles. The molecule has 1 amide bonds. The molecule has 0 radical (unpaired) electrons. The molecule has 0 saturated carbocycles. The minimum absolute atomic E-state index is 0.287. The Morgan fingerprint density at radius 2 is 2.12 bits per heavy atom. The van der Waals surface area contributed by atoms with Gasteiger partial charge in [0.1, 0.15) is 5.82 Å². The van der Waals surface area contributed by atoms with Crippen molar-refractivity contribution in [2.75, 3.05) is 13.1 Å². The van der Waals surface area contributed by atoms with Gasteiger partial charge >= 0.3 is 0 Å². The van der Waals surface area contributed by atoms with Gasteiger partial charge in [-0.3, -0.25) is 14.9 Å². The molecule has 0 atom stereocenters. The van der Waals surface area contributed by atoms with Crippen molar-refractivity contribution in [2.24, 2.45) is 0 Å². The van der Waals surface area contributed by atoms with Crippen molar-refractivity contribution in [1.29, 1.82) is 0 Å². The number of hydrogen-bond donors (Lipinski definition) is 3. The van der Waals surface area contributed by atoms with Crippen molar-refractivity contribution < 1.29 is 9.18 Å². The molecule has 0 aliphatic rings. The van der Waals surface area contributed by atoms with Gasteiger partial charge in [0.25, 0.3) is 5.91 Å². The number of hydrogen-bond acceptors (Lipinski definition) is 4. The van der Waals surface area contributed by atoms with E-state index in [9.17, 15) is 9.18 Å². The van der Waals surface area contributed by atoms with Crippen LogP contribution in [0.25, 0.3) is 11.3 Å². The van der Waals surface area contributed by atoms with Crippen LogP contribution in [0.15, 0.2) is 48.9 Å². The summed E-state index contributed by atoms with van der Waals surface area (Å²) in [6.45, 7) is 3.29. The van der Waals surface area contributed by atoms with Gasteiger partial charge in [-0.25, -0.2) is 4.39 Å². The largest absolute Gasteiger partial charge is 0.351 e. The Hall–Kier alpha value is -3.06. The number of nitrogens with zero attached hydrogens (tertiary/aromatic N) is 2. The van der Waals surface area contributed by atoms with E-state index in [4.69, 9.17) is 0 Å². The zero-order valence-electron chi connectivity index (χ0n) is 14.4. The summed E-state index contributed by atoms with van der Waals surface area (Å²) in [6.07, 6.45) is 5.27. The van der Waals surface area contributed by atoms with Crippen LogP contribution in [0.1, 0.15) is 21.5 Å². The number of rotatable bonds is 7. The minimum Gasteiger partial charge on any atom is -0.351 e. The average molecular weight is 353 g/mol. The Labute approximate surface area is 150 Å². The Balaban J connectivity index is 1.46. The van der Waals surface area contributed by atoms with Gasteiger partial charge in [0.05, 0.1) is 11.9 Å². The van der Waals surface area contributed by atoms with Crippen LogP contribution in [0, 0.1) is 12.7 Å². The molecule has 0 saturated heterocycles. The van der Waals surface area contributed by atoms with E-state index in [-0.39, 0.29) is 11.7 Å². The third-order valence-electron chi connectivity index (χ3n) is 4.00. The number of carbonyl (C=O) groups excluding carboxylic acids is 1. The van der Waals surface area contributed by atoms with E-state index in [1.54, 1.807) is 37.6 Å². The summed E-state index contributed by atoms with van der Waals surface area (Å²) in [7, 11) is 0. The van der Waals surface area contributed by atoms with Gasteiger partial charge < -0.3 is 10.6 Å². The van der Waals surface area contributed by atoms with Crippen molar-refractivity contribution >= 4 is 5.91 Å². The smallest absolute Gasteiger partial charge is 0.251 e. The molecule has 2 aromatic heterocycles. The van der Waals surface area contributed by atoms with E-state index in [1.165, 1.54) is 6.07 Å². The molecule has 26 heavy (non-hydrogen) atoms. The van der Waals surface area contributed by atoms with E-state index >= 15 is 0 Å². The van der Waals surface area contributed by atoms with Crippen LogP contribution in [0.4, 0.5) is 4.39 Å². The molecule has 0 fully saturated rings. The zero-order chi connectivity index (χ0) is 18.4. The molecule has 134 valence electrons. The maximum Gasteiger partial charge on any atom is 0.251 e. The predicted octanol–water partition coefficient (Wildman–Crippen LogP) is 2.44. The number of carbonyl (C=O) groups is 1. The number of halogens is 1. The SMILES string of the molecule is Cc1ccc(C(=O)NCCNCc2cn[nH]c2-c2cccnc2)cc1F. The second-order valence-electron chi connectivity index (χ2n) is 5.91. The van der Waals surface area contributed by atoms with Gasteiger partial charge in [0.2, 0.25) is 0 Å². The summed E-state index contributed by atoms with van der Waals surface area (Å²) in [5.41, 5.74) is 3.75. The maximum atomic E-state index is 13.5. The molecule has 0 spiro atoms. The Morgan fingerprint density at radius 3 is 2.88 bits per heavy atom. The number of aromatic nitrogens is 3. The Morgan fingerprint density at radius 1 is 1.23 bits per heavy atom. The normalized spacial score (nSPS) is 10.7. The summed E-state index contributed by atoms with van der Waals surface area (Å²) < 4.78 is 13.5. The van der Waals surface area contributed by atoms with Crippen LogP contribution in [0.2, 0.25) is 0 Å². The molecule has 7 heteroatoms. The lowest BCUT2D eigenvalue weighted by molar-refractivity contribution is 0.0953. The highest BCUT2D eigenvalue weighted by molar-refractivity contribution is 5.94. The second kappa shape index (κ2) is 8.35. The number of benzene rings is 1. The fourth-order valence-corrected chi connectivity index (χ4v) is 2.53. The van der Waals surface area contributed by atoms with E-state index in [0.29, 0.717) is 30.8 Å². The summed E-state index contributed by atoms with van der Waals surface area (Å²) in [5, 5.41) is 13.1. The lowest BCUT2D eigenvalue weighted by Crippen LogP contribution is -2.31. The highest BCUT2D eigenvalue weighted by atomic mass is 19.1. The molecule has 3 rings (SSSR count). The predicted molar refractivity (Wildman–Crippen MR) is 97.0 cm³/mol. The van der Waals surface area contributed by atoms with Crippen molar-refractivity contribution in [2.45, 2.75) is 13.5 Å². The fraction of sp³-hybridized carbons (Fsp3) is 0.211. The summed E-state index contributed by atoms with van der Waals surface area (Å²) in [5.74, 6) is -0.663. The zero-order valence-corrected chi connectivity index (χ0v) is 14.4. The Kier molecular flexibility index (Phi) is 5.70. The molecule has 0 bridgehead atoms. The lowest BCUT2D eigenvalue weighted by atomic mass is 10.1. The van der Waals surface area contributed by atoms with Crippen LogP contribution in [-0.2, 0) is 6.54 Å². The van der Waals surface area contributed by atoms with Gasteiger partial charge in [-0.2, -0.15) is 5.10 Å². The lowest BCUT2D eigenvalue weighted by Gasteiger charge is -2.08. The van der Waals surface area contributed by atoms with Gasteiger partial charge in [-0.05, 0) is 36.8 Å². The molecule has 2 heterocycles. The average Bonchev–Trinajstić information content (AvgIpc) is 3.13. The molecular weight excluding hydrogens is 333 g/mol. The molecule has 0 aliphatic heterocycles. The van der Waals surface area contributed by atoms with E-state index in [0.717, 1.165) is 16.8 Å². The third-order valence-corrected chi connectivity index (χ3v) is 4.00. The molecular formula is C19H20FN5O. The van der Waals surface area contributed by atoms with Crippen LogP contribution < -0.4 is 10.6 Å². The van der Waals surface area contributed by atoms with Crippen LogP contribution in [0.3, 0.4) is 0 Å². The fourth-order valence-electron chi connectivity index (χ4n) is 2.53. The number of pyridine rings is 1. The van der Waals surface area contributed by atoms with Crippen molar-refractivity contribution in [3.63, 3.8) is 0 Å². The molecule has 3 N–H and O–H groups in total. The van der Waals surface area contributed by atoms with E-state index in [2.05, 4.69) is 25.8 Å². The van der Waals surface area contributed by atoms with Crippen molar-refractivity contribution in [1.82, 2.24) is 25.8 Å². The summed E-state index contributed by atoms with van der Waals surface area (Å²) in [4.78, 5) is 16.1. The van der Waals surface area contributed by atoms with E-state index < -0.39 is 0 Å².